The van der Waals surface area contributed by atoms with Crippen molar-refractivity contribution < 1.29 is 9.59 Å². The van der Waals surface area contributed by atoms with Crippen molar-refractivity contribution in [2.24, 2.45) is 0 Å². The van der Waals surface area contributed by atoms with Gasteiger partial charge in [0.15, 0.2) is 5.69 Å². The van der Waals surface area contributed by atoms with E-state index in [2.05, 4.69) is 10.2 Å². The first kappa shape index (κ1) is 16.3. The van der Waals surface area contributed by atoms with Gasteiger partial charge in [-0.15, -0.1) is 0 Å². The number of benzene rings is 2. The summed E-state index contributed by atoms with van der Waals surface area (Å²) in [7, 11) is 0. The number of rotatable bonds is 2. The number of piperazine rings is 1. The van der Waals surface area contributed by atoms with Gasteiger partial charge in [-0.1, -0.05) is 35.9 Å². The summed E-state index contributed by atoms with van der Waals surface area (Å²) >= 11 is 0. The third kappa shape index (κ3) is 2.73. The number of aromatic amines is 1. The van der Waals surface area contributed by atoms with Gasteiger partial charge in [0, 0.05) is 23.7 Å². The molecule has 132 valence electrons. The Labute approximate surface area is 151 Å². The third-order valence-corrected chi connectivity index (χ3v) is 4.86. The minimum atomic E-state index is -0.216. The number of para-hydroxylation sites is 1. The van der Waals surface area contributed by atoms with Crippen molar-refractivity contribution in [2.75, 3.05) is 18.0 Å². The lowest BCUT2D eigenvalue weighted by atomic mass is 10.1. The number of hydrogen-bond donors (Lipinski definition) is 1. The predicted octanol–water partition coefficient (Wildman–Crippen LogP) is 2.75. The van der Waals surface area contributed by atoms with E-state index in [0.717, 1.165) is 22.2 Å². The molecule has 2 heterocycles. The van der Waals surface area contributed by atoms with E-state index < -0.39 is 0 Å². The zero-order valence-electron chi connectivity index (χ0n) is 14.8. The van der Waals surface area contributed by atoms with Gasteiger partial charge >= 0.3 is 0 Å². The second-order valence-electron chi connectivity index (χ2n) is 6.74. The number of carbonyl (C=O) groups excluding carboxylic acids is 2. The summed E-state index contributed by atoms with van der Waals surface area (Å²) in [6, 6.07) is 15.3. The number of H-pyrrole nitrogens is 1. The molecule has 6 heteroatoms. The van der Waals surface area contributed by atoms with Crippen LogP contribution in [0.1, 0.15) is 23.0 Å². The first-order valence-corrected chi connectivity index (χ1v) is 8.65. The third-order valence-electron chi connectivity index (χ3n) is 4.86. The van der Waals surface area contributed by atoms with E-state index in [1.165, 1.54) is 0 Å². The number of anilines is 1. The van der Waals surface area contributed by atoms with Gasteiger partial charge in [0.25, 0.3) is 5.91 Å². The van der Waals surface area contributed by atoms with E-state index in [-0.39, 0.29) is 24.4 Å². The molecule has 3 aromatic rings. The molecule has 0 spiro atoms. The second kappa shape index (κ2) is 6.29. The Bertz CT molecular complexity index is 977. The summed E-state index contributed by atoms with van der Waals surface area (Å²) < 4.78 is 0. The van der Waals surface area contributed by atoms with Crippen LogP contribution in [0, 0.1) is 6.92 Å². The minimum Gasteiger partial charge on any atom is -0.323 e. The molecule has 6 nitrogen and oxygen atoms in total. The Kier molecular flexibility index (Phi) is 3.95. The molecule has 0 bridgehead atoms. The molecule has 1 atom stereocenters. The summed E-state index contributed by atoms with van der Waals surface area (Å²) in [6.45, 7) is 4.49. The lowest BCUT2D eigenvalue weighted by Gasteiger charge is -2.39. The predicted molar refractivity (Wildman–Crippen MR) is 100 cm³/mol. The van der Waals surface area contributed by atoms with Gasteiger partial charge in [0.05, 0.1) is 5.52 Å². The van der Waals surface area contributed by atoms with Crippen LogP contribution in [0.3, 0.4) is 0 Å². The summed E-state index contributed by atoms with van der Waals surface area (Å²) in [4.78, 5) is 29.0. The van der Waals surface area contributed by atoms with Crippen LogP contribution in [-0.4, -0.2) is 46.0 Å². The lowest BCUT2D eigenvalue weighted by Crippen LogP contribution is -2.57. The SMILES string of the molecule is Cc1ccc(N2C[C@@H](C)N(C(=O)c3n[nH]c4ccccc34)CC2=O)cc1. The van der Waals surface area contributed by atoms with E-state index in [4.69, 9.17) is 0 Å². The van der Waals surface area contributed by atoms with E-state index in [0.29, 0.717) is 12.2 Å². The molecule has 26 heavy (non-hydrogen) atoms. The Morgan fingerprint density at radius 3 is 2.65 bits per heavy atom. The fourth-order valence-electron chi connectivity index (χ4n) is 3.36. The Morgan fingerprint density at radius 2 is 1.88 bits per heavy atom. The molecule has 1 N–H and O–H groups in total. The van der Waals surface area contributed by atoms with E-state index in [1.807, 2.05) is 62.4 Å². The number of carbonyl (C=O) groups is 2. The van der Waals surface area contributed by atoms with Gasteiger partial charge in [-0.3, -0.25) is 14.7 Å². The van der Waals surface area contributed by atoms with Crippen molar-refractivity contribution in [3.8, 4) is 0 Å². The van der Waals surface area contributed by atoms with Crippen LogP contribution in [0.5, 0.6) is 0 Å². The van der Waals surface area contributed by atoms with Gasteiger partial charge in [-0.25, -0.2) is 0 Å². The topological polar surface area (TPSA) is 69.3 Å². The first-order chi connectivity index (χ1) is 12.5. The van der Waals surface area contributed by atoms with Crippen LogP contribution in [0.4, 0.5) is 5.69 Å². The highest BCUT2D eigenvalue weighted by atomic mass is 16.2. The van der Waals surface area contributed by atoms with Crippen molar-refractivity contribution in [1.82, 2.24) is 15.1 Å². The van der Waals surface area contributed by atoms with Gasteiger partial charge in [-0.05, 0) is 32.0 Å². The van der Waals surface area contributed by atoms with Crippen LogP contribution in [0.2, 0.25) is 0 Å². The average Bonchev–Trinajstić information content (AvgIpc) is 3.08. The molecule has 0 radical (unpaired) electrons. The van der Waals surface area contributed by atoms with Crippen LogP contribution < -0.4 is 4.90 Å². The Hall–Kier alpha value is -3.15. The van der Waals surface area contributed by atoms with Crippen LogP contribution in [0.25, 0.3) is 10.9 Å². The molecule has 0 saturated carbocycles. The Morgan fingerprint density at radius 1 is 1.15 bits per heavy atom. The van der Waals surface area contributed by atoms with E-state index in [9.17, 15) is 9.59 Å². The summed E-state index contributed by atoms with van der Waals surface area (Å²) in [5, 5.41) is 7.83. The quantitative estimate of drug-likeness (QED) is 0.774. The minimum absolute atomic E-state index is 0.0507. The summed E-state index contributed by atoms with van der Waals surface area (Å²) in [5.74, 6) is -0.299. The van der Waals surface area contributed by atoms with Gasteiger partial charge in [-0.2, -0.15) is 5.10 Å². The molecule has 1 fully saturated rings. The van der Waals surface area contributed by atoms with Crippen molar-refractivity contribution in [3.05, 3.63) is 59.8 Å². The molecule has 4 rings (SSSR count). The highest BCUT2D eigenvalue weighted by Crippen LogP contribution is 2.23. The molecule has 2 aromatic carbocycles. The monoisotopic (exact) mass is 348 g/mol. The largest absolute Gasteiger partial charge is 0.323 e. The maximum atomic E-state index is 13.0. The number of nitrogens with zero attached hydrogens (tertiary/aromatic N) is 3. The fraction of sp³-hybridized carbons (Fsp3) is 0.250. The molecular weight excluding hydrogens is 328 g/mol. The average molecular weight is 348 g/mol. The van der Waals surface area contributed by atoms with Gasteiger partial charge in [0.2, 0.25) is 5.91 Å². The standard InChI is InChI=1S/C20H20N4O2/c1-13-7-9-15(10-8-13)24-11-14(2)23(12-18(24)25)20(26)19-16-5-3-4-6-17(16)21-22-19/h3-10,14H,11-12H2,1-2H3,(H,21,22)/t14-/m1/s1. The zero-order chi connectivity index (χ0) is 18.3. The van der Waals surface area contributed by atoms with Crippen LogP contribution >= 0.6 is 0 Å². The van der Waals surface area contributed by atoms with Crippen molar-refractivity contribution in [1.29, 1.82) is 0 Å². The Balaban J connectivity index is 1.58. The van der Waals surface area contributed by atoms with Gasteiger partial charge < -0.3 is 9.80 Å². The maximum Gasteiger partial charge on any atom is 0.275 e. The van der Waals surface area contributed by atoms with E-state index >= 15 is 0 Å². The number of aryl methyl sites for hydroxylation is 1. The molecule has 2 amide bonds. The van der Waals surface area contributed by atoms with Crippen molar-refractivity contribution >= 4 is 28.4 Å². The van der Waals surface area contributed by atoms with E-state index in [1.54, 1.807) is 9.80 Å². The highest BCUT2D eigenvalue weighted by molar-refractivity contribution is 6.07. The van der Waals surface area contributed by atoms with Gasteiger partial charge in [0.1, 0.15) is 6.54 Å². The van der Waals surface area contributed by atoms with Crippen LogP contribution in [-0.2, 0) is 4.79 Å². The molecule has 1 aliphatic rings. The smallest absolute Gasteiger partial charge is 0.275 e. The van der Waals surface area contributed by atoms with Crippen molar-refractivity contribution in [2.45, 2.75) is 19.9 Å². The normalized spacial score (nSPS) is 17.8. The molecular formula is C20H20N4O2. The zero-order valence-corrected chi connectivity index (χ0v) is 14.8. The highest BCUT2D eigenvalue weighted by Gasteiger charge is 2.35. The van der Waals surface area contributed by atoms with Crippen molar-refractivity contribution in [3.63, 3.8) is 0 Å². The summed E-state index contributed by atoms with van der Waals surface area (Å²) in [5.41, 5.74) is 3.19. The second-order valence-corrected chi connectivity index (χ2v) is 6.74. The number of hydrogen-bond acceptors (Lipinski definition) is 3. The number of aromatic nitrogens is 2. The number of fused-ring (bicyclic) bond motifs is 1. The first-order valence-electron chi connectivity index (χ1n) is 8.65. The summed E-state index contributed by atoms with van der Waals surface area (Å²) in [6.07, 6.45) is 0. The maximum absolute atomic E-state index is 13.0. The fourth-order valence-corrected chi connectivity index (χ4v) is 3.36. The molecule has 1 aliphatic heterocycles. The van der Waals surface area contributed by atoms with Crippen LogP contribution in [0.15, 0.2) is 48.5 Å². The number of nitrogens with one attached hydrogen (secondary N) is 1. The molecule has 0 unspecified atom stereocenters. The molecule has 0 aliphatic carbocycles. The molecule has 1 saturated heterocycles. The lowest BCUT2D eigenvalue weighted by molar-refractivity contribution is -0.121. The molecule has 1 aromatic heterocycles. The number of amides is 2.